The van der Waals surface area contributed by atoms with Gasteiger partial charge in [0.05, 0.1) is 17.3 Å². The third-order valence-electron chi connectivity index (χ3n) is 4.18. The Morgan fingerprint density at radius 1 is 1.24 bits per heavy atom. The number of aromatic nitrogens is 2. The lowest BCUT2D eigenvalue weighted by atomic mass is 9.92. The van der Waals surface area contributed by atoms with Gasteiger partial charge < -0.3 is 11.1 Å². The van der Waals surface area contributed by atoms with Gasteiger partial charge in [0.25, 0.3) is 0 Å². The molecule has 0 aliphatic carbocycles. The number of carbonyl (C=O) groups excluding carboxylic acids is 1. The Balaban J connectivity index is 0.00000312. The molecule has 2 unspecified atom stereocenters. The molecule has 3 N–H and O–H groups in total. The quantitative estimate of drug-likeness (QED) is 0.866. The number of benzene rings is 1. The van der Waals surface area contributed by atoms with Crippen LogP contribution < -0.4 is 11.1 Å². The Labute approximate surface area is 156 Å². The van der Waals surface area contributed by atoms with E-state index in [0.29, 0.717) is 5.82 Å². The van der Waals surface area contributed by atoms with E-state index in [1.165, 1.54) is 0 Å². The van der Waals surface area contributed by atoms with Gasteiger partial charge in [0.15, 0.2) is 0 Å². The summed E-state index contributed by atoms with van der Waals surface area (Å²) in [5.41, 5.74) is 8.73. The van der Waals surface area contributed by atoms with E-state index in [4.69, 9.17) is 10.8 Å². The zero-order valence-electron chi connectivity index (χ0n) is 15.8. The van der Waals surface area contributed by atoms with E-state index in [9.17, 15) is 4.79 Å². The van der Waals surface area contributed by atoms with Gasteiger partial charge in [-0.3, -0.25) is 4.79 Å². The van der Waals surface area contributed by atoms with Crippen molar-refractivity contribution in [3.05, 3.63) is 41.6 Å². The summed E-state index contributed by atoms with van der Waals surface area (Å²) in [6.07, 6.45) is 0. The van der Waals surface area contributed by atoms with Crippen LogP contribution in [0.15, 0.2) is 30.3 Å². The highest BCUT2D eigenvalue weighted by Gasteiger charge is 2.23. The van der Waals surface area contributed by atoms with Crippen LogP contribution >= 0.6 is 12.4 Å². The second kappa shape index (κ2) is 8.02. The molecule has 0 radical (unpaired) electrons. The van der Waals surface area contributed by atoms with Crippen LogP contribution in [0.5, 0.6) is 0 Å². The minimum atomic E-state index is -0.274. The average Bonchev–Trinajstić information content (AvgIpc) is 2.90. The number of halogens is 1. The monoisotopic (exact) mass is 364 g/mol. The lowest BCUT2D eigenvalue weighted by molar-refractivity contribution is -0.119. The number of hydrogen-bond acceptors (Lipinski definition) is 3. The number of carbonyl (C=O) groups is 1. The lowest BCUT2D eigenvalue weighted by Gasteiger charge is -2.16. The van der Waals surface area contributed by atoms with Gasteiger partial charge >= 0.3 is 0 Å². The van der Waals surface area contributed by atoms with Crippen LogP contribution in [0.2, 0.25) is 0 Å². The first kappa shape index (κ1) is 21.2. The van der Waals surface area contributed by atoms with Crippen molar-refractivity contribution >= 4 is 24.1 Å². The summed E-state index contributed by atoms with van der Waals surface area (Å²) < 4.78 is 1.79. The molecule has 0 fully saturated rings. The van der Waals surface area contributed by atoms with E-state index < -0.39 is 0 Å². The number of nitrogens with one attached hydrogen (secondary N) is 1. The molecule has 1 heterocycles. The first-order valence-electron chi connectivity index (χ1n) is 8.33. The fourth-order valence-corrected chi connectivity index (χ4v) is 2.27. The zero-order chi connectivity index (χ0) is 18.1. The SMILES string of the molecule is Cc1cccc(-n2nc(C(C)(C)C)cc2NC(=O)C(C)C(C)N)c1.Cl. The second-order valence-electron chi connectivity index (χ2n) is 7.55. The fraction of sp³-hybridized carbons (Fsp3) is 0.474. The van der Waals surface area contributed by atoms with Crippen LogP contribution in [0.1, 0.15) is 45.9 Å². The smallest absolute Gasteiger partial charge is 0.229 e. The maximum atomic E-state index is 12.4. The predicted molar refractivity (Wildman–Crippen MR) is 106 cm³/mol. The number of nitrogens with two attached hydrogens (primary N) is 1. The first-order valence-corrected chi connectivity index (χ1v) is 8.33. The van der Waals surface area contributed by atoms with Crippen molar-refractivity contribution in [1.82, 2.24) is 9.78 Å². The van der Waals surface area contributed by atoms with Gasteiger partial charge in [-0.1, -0.05) is 39.8 Å². The van der Waals surface area contributed by atoms with E-state index in [-0.39, 0.29) is 35.7 Å². The van der Waals surface area contributed by atoms with E-state index in [2.05, 4.69) is 26.1 Å². The van der Waals surface area contributed by atoms with Crippen LogP contribution in [0.3, 0.4) is 0 Å². The maximum absolute atomic E-state index is 12.4. The number of anilines is 1. The summed E-state index contributed by atoms with van der Waals surface area (Å²) in [5, 5.41) is 7.70. The molecule has 0 saturated heterocycles. The number of aryl methyl sites for hydroxylation is 1. The molecule has 2 rings (SSSR count). The van der Waals surface area contributed by atoms with Crippen LogP contribution in [0.25, 0.3) is 5.69 Å². The highest BCUT2D eigenvalue weighted by atomic mass is 35.5. The third kappa shape index (κ3) is 5.06. The molecular formula is C19H29ClN4O. The minimum Gasteiger partial charge on any atom is -0.327 e. The molecule has 25 heavy (non-hydrogen) atoms. The van der Waals surface area contributed by atoms with E-state index >= 15 is 0 Å². The molecule has 2 aromatic rings. The Morgan fingerprint density at radius 3 is 2.40 bits per heavy atom. The van der Waals surface area contributed by atoms with Crippen LogP contribution in [0, 0.1) is 12.8 Å². The molecule has 1 amide bonds. The van der Waals surface area contributed by atoms with Crippen LogP contribution in [0.4, 0.5) is 5.82 Å². The number of rotatable bonds is 4. The largest absolute Gasteiger partial charge is 0.327 e. The van der Waals surface area contributed by atoms with Crippen LogP contribution in [-0.2, 0) is 10.2 Å². The Kier molecular flexibility index (Phi) is 6.80. The first-order chi connectivity index (χ1) is 11.1. The second-order valence-corrected chi connectivity index (χ2v) is 7.55. The third-order valence-corrected chi connectivity index (χ3v) is 4.18. The molecule has 5 nitrogen and oxygen atoms in total. The summed E-state index contributed by atoms with van der Waals surface area (Å²) in [5.74, 6) is 0.297. The average molecular weight is 365 g/mol. The summed E-state index contributed by atoms with van der Waals surface area (Å²) in [6, 6.07) is 9.78. The molecule has 138 valence electrons. The van der Waals surface area contributed by atoms with Crippen LogP contribution in [-0.4, -0.2) is 21.7 Å². The van der Waals surface area contributed by atoms with Gasteiger partial charge in [-0.25, -0.2) is 4.68 Å². The summed E-state index contributed by atoms with van der Waals surface area (Å²) in [7, 11) is 0. The normalized spacial score (nSPS) is 13.7. The van der Waals surface area contributed by atoms with Crippen molar-refractivity contribution in [2.45, 2.75) is 53.0 Å². The topological polar surface area (TPSA) is 72.9 Å². The van der Waals surface area contributed by atoms with E-state index in [1.54, 1.807) is 4.68 Å². The van der Waals surface area contributed by atoms with E-state index in [1.807, 2.05) is 51.1 Å². The summed E-state index contributed by atoms with van der Waals surface area (Å²) in [4.78, 5) is 12.4. The molecule has 2 atom stereocenters. The summed E-state index contributed by atoms with van der Waals surface area (Å²) >= 11 is 0. The number of nitrogens with zero attached hydrogens (tertiary/aromatic N) is 2. The molecule has 0 bridgehead atoms. The summed E-state index contributed by atoms with van der Waals surface area (Å²) in [6.45, 7) is 12.0. The highest BCUT2D eigenvalue weighted by molar-refractivity contribution is 5.92. The van der Waals surface area contributed by atoms with Gasteiger partial charge in [0.2, 0.25) is 5.91 Å². The van der Waals surface area contributed by atoms with Crippen molar-refractivity contribution in [3.63, 3.8) is 0 Å². The lowest BCUT2D eigenvalue weighted by Crippen LogP contribution is -2.34. The fourth-order valence-electron chi connectivity index (χ4n) is 2.27. The zero-order valence-corrected chi connectivity index (χ0v) is 16.6. The number of hydrogen-bond donors (Lipinski definition) is 2. The molecule has 0 saturated carbocycles. The van der Waals surface area contributed by atoms with Gasteiger partial charge in [0.1, 0.15) is 5.82 Å². The maximum Gasteiger partial charge on any atom is 0.229 e. The number of amides is 1. The highest BCUT2D eigenvalue weighted by Crippen LogP contribution is 2.27. The van der Waals surface area contributed by atoms with Crippen molar-refractivity contribution in [2.75, 3.05) is 5.32 Å². The molecule has 1 aromatic carbocycles. The molecule has 0 aliphatic heterocycles. The van der Waals surface area contributed by atoms with Crippen molar-refractivity contribution < 1.29 is 4.79 Å². The van der Waals surface area contributed by atoms with Gasteiger partial charge in [0, 0.05) is 17.5 Å². The minimum absolute atomic E-state index is 0. The van der Waals surface area contributed by atoms with Crippen molar-refractivity contribution in [2.24, 2.45) is 11.7 Å². The molecule has 0 aliphatic rings. The molecular weight excluding hydrogens is 336 g/mol. The van der Waals surface area contributed by atoms with E-state index in [0.717, 1.165) is 16.9 Å². The molecule has 1 aromatic heterocycles. The Hall–Kier alpha value is -1.85. The van der Waals surface area contributed by atoms with Gasteiger partial charge in [-0.15, -0.1) is 12.4 Å². The van der Waals surface area contributed by atoms with Crippen molar-refractivity contribution in [3.8, 4) is 5.69 Å². The van der Waals surface area contributed by atoms with Gasteiger partial charge in [-0.05, 0) is 31.5 Å². The Bertz CT molecular complexity index is 731. The standard InChI is InChI=1S/C19H28N4O.ClH/c1-12-8-7-9-15(10-12)23-17(11-16(22-23)19(4,5)6)21-18(24)13(2)14(3)20;/h7-11,13-14H,20H2,1-6H3,(H,21,24);1H. The van der Waals surface area contributed by atoms with Gasteiger partial charge in [-0.2, -0.15) is 5.10 Å². The Morgan fingerprint density at radius 2 is 1.88 bits per heavy atom. The predicted octanol–water partition coefficient (Wildman–Crippen LogP) is 3.82. The molecule has 6 heteroatoms. The molecule has 0 spiro atoms. The van der Waals surface area contributed by atoms with Crippen molar-refractivity contribution in [1.29, 1.82) is 0 Å².